The highest BCUT2D eigenvalue weighted by Gasteiger charge is 2.22. The molecule has 0 saturated heterocycles. The molecule has 0 heterocycles. The van der Waals surface area contributed by atoms with Crippen molar-refractivity contribution >= 4 is 15.9 Å². The van der Waals surface area contributed by atoms with Crippen molar-refractivity contribution < 1.29 is 4.39 Å². The smallest absolute Gasteiger partial charge is 0.127 e. The lowest BCUT2D eigenvalue weighted by Gasteiger charge is -2.28. The van der Waals surface area contributed by atoms with Crippen molar-refractivity contribution in [1.29, 1.82) is 0 Å². The Morgan fingerprint density at radius 2 is 1.94 bits per heavy atom. The van der Waals surface area contributed by atoms with Gasteiger partial charge in [0.25, 0.3) is 0 Å². The van der Waals surface area contributed by atoms with Crippen molar-refractivity contribution in [2.75, 3.05) is 11.9 Å². The second-order valence-electron chi connectivity index (χ2n) is 4.69. The number of benzene rings is 1. The molecular weight excluding hydrogens is 281 g/mol. The van der Waals surface area contributed by atoms with E-state index in [1.165, 1.54) is 25.7 Å². The molecule has 0 aromatic heterocycles. The summed E-state index contributed by atoms with van der Waals surface area (Å²) in [5.74, 6) is -0.0786. The van der Waals surface area contributed by atoms with E-state index < -0.39 is 0 Å². The number of nitrogens with zero attached hydrogens (tertiary/aromatic N) is 1. The van der Waals surface area contributed by atoms with Gasteiger partial charge in [-0.3, -0.25) is 4.90 Å². The molecule has 3 heteroatoms. The fraction of sp³-hybridized carbons (Fsp3) is 0.571. The lowest BCUT2D eigenvalue weighted by Crippen LogP contribution is -2.34. The molecule has 0 unspecified atom stereocenters. The molecule has 0 radical (unpaired) electrons. The lowest BCUT2D eigenvalue weighted by atomic mass is 10.1. The highest BCUT2D eigenvalue weighted by atomic mass is 79.9. The highest BCUT2D eigenvalue weighted by molar-refractivity contribution is 9.09. The van der Waals surface area contributed by atoms with Crippen LogP contribution in [0, 0.1) is 5.82 Å². The first kappa shape index (κ1) is 13.0. The highest BCUT2D eigenvalue weighted by Crippen LogP contribution is 2.25. The Balaban J connectivity index is 2.04. The van der Waals surface area contributed by atoms with Gasteiger partial charge in [-0.05, 0) is 18.9 Å². The molecule has 1 aromatic rings. The van der Waals surface area contributed by atoms with Gasteiger partial charge in [-0.2, -0.15) is 0 Å². The first-order valence-corrected chi connectivity index (χ1v) is 7.47. The predicted octanol–water partition coefficient (Wildman–Crippen LogP) is 3.97. The fourth-order valence-electron chi connectivity index (χ4n) is 2.61. The zero-order chi connectivity index (χ0) is 12.1. The molecule has 0 N–H and O–H groups in total. The van der Waals surface area contributed by atoms with Gasteiger partial charge >= 0.3 is 0 Å². The second kappa shape index (κ2) is 6.50. The Kier molecular flexibility index (Phi) is 4.99. The largest absolute Gasteiger partial charge is 0.295 e. The monoisotopic (exact) mass is 299 g/mol. The van der Waals surface area contributed by atoms with E-state index in [1.54, 1.807) is 12.1 Å². The van der Waals surface area contributed by atoms with Crippen LogP contribution < -0.4 is 0 Å². The molecule has 1 aliphatic carbocycles. The van der Waals surface area contributed by atoms with E-state index >= 15 is 0 Å². The first-order valence-electron chi connectivity index (χ1n) is 6.34. The third-order valence-electron chi connectivity index (χ3n) is 3.54. The van der Waals surface area contributed by atoms with E-state index in [-0.39, 0.29) is 5.82 Å². The maximum atomic E-state index is 13.6. The third-order valence-corrected chi connectivity index (χ3v) is 3.90. The number of alkyl halides is 1. The van der Waals surface area contributed by atoms with Gasteiger partial charge in [0.1, 0.15) is 5.82 Å². The van der Waals surface area contributed by atoms with Crippen LogP contribution in [0.2, 0.25) is 0 Å². The number of hydrogen-bond acceptors (Lipinski definition) is 1. The zero-order valence-electron chi connectivity index (χ0n) is 10.0. The topological polar surface area (TPSA) is 3.24 Å². The Morgan fingerprint density at radius 1 is 1.24 bits per heavy atom. The van der Waals surface area contributed by atoms with Gasteiger partial charge in [0, 0.05) is 30.0 Å². The van der Waals surface area contributed by atoms with Crippen molar-refractivity contribution in [3.05, 3.63) is 35.6 Å². The van der Waals surface area contributed by atoms with E-state index in [1.807, 2.05) is 12.1 Å². The maximum Gasteiger partial charge on any atom is 0.127 e. The molecule has 0 spiro atoms. The van der Waals surface area contributed by atoms with Gasteiger partial charge in [0.05, 0.1) is 0 Å². The fourth-order valence-corrected chi connectivity index (χ4v) is 3.07. The standard InChI is InChI=1S/C14H19BrFN/c15-9-10-17(13-6-2-3-7-13)11-12-5-1-4-8-14(12)16/h1,4-5,8,13H,2-3,6-7,9-11H2. The van der Waals surface area contributed by atoms with Crippen molar-refractivity contribution in [3.63, 3.8) is 0 Å². The van der Waals surface area contributed by atoms with Crippen LogP contribution in [0.1, 0.15) is 31.2 Å². The summed E-state index contributed by atoms with van der Waals surface area (Å²) in [7, 11) is 0. The van der Waals surface area contributed by atoms with Gasteiger partial charge in [0.2, 0.25) is 0 Å². The van der Waals surface area contributed by atoms with Crippen LogP contribution in [-0.2, 0) is 6.54 Å². The minimum atomic E-state index is -0.0786. The summed E-state index contributed by atoms with van der Waals surface area (Å²) in [6.07, 6.45) is 5.17. The van der Waals surface area contributed by atoms with Gasteiger partial charge in [0.15, 0.2) is 0 Å². The normalized spacial score (nSPS) is 16.9. The van der Waals surface area contributed by atoms with Crippen molar-refractivity contribution in [2.24, 2.45) is 0 Å². The summed E-state index contributed by atoms with van der Waals surface area (Å²) in [5.41, 5.74) is 0.820. The summed E-state index contributed by atoms with van der Waals surface area (Å²) in [5, 5.41) is 0.956. The zero-order valence-corrected chi connectivity index (χ0v) is 11.6. The lowest BCUT2D eigenvalue weighted by molar-refractivity contribution is 0.200. The van der Waals surface area contributed by atoms with Crippen LogP contribution in [0.25, 0.3) is 0 Å². The van der Waals surface area contributed by atoms with Crippen LogP contribution in [-0.4, -0.2) is 22.8 Å². The predicted molar refractivity (Wildman–Crippen MR) is 72.9 cm³/mol. The molecule has 0 atom stereocenters. The molecule has 2 rings (SSSR count). The maximum absolute atomic E-state index is 13.6. The minimum absolute atomic E-state index is 0.0786. The average molecular weight is 300 g/mol. The first-order chi connectivity index (χ1) is 8.31. The SMILES string of the molecule is Fc1ccccc1CN(CCBr)C1CCCC1. The van der Waals surface area contributed by atoms with Crippen LogP contribution in [0.3, 0.4) is 0 Å². The van der Waals surface area contributed by atoms with Crippen molar-refractivity contribution in [2.45, 2.75) is 38.3 Å². The molecular formula is C14H19BrFN. The number of halogens is 2. The molecule has 1 aromatic carbocycles. The van der Waals surface area contributed by atoms with Crippen LogP contribution in [0.5, 0.6) is 0 Å². The molecule has 0 amide bonds. The average Bonchev–Trinajstić information content (AvgIpc) is 2.85. The quantitative estimate of drug-likeness (QED) is 0.744. The molecule has 1 fully saturated rings. The van der Waals surface area contributed by atoms with Crippen LogP contribution in [0.4, 0.5) is 4.39 Å². The van der Waals surface area contributed by atoms with E-state index in [2.05, 4.69) is 20.8 Å². The summed E-state index contributed by atoms with van der Waals surface area (Å²) in [6.45, 7) is 1.74. The van der Waals surface area contributed by atoms with E-state index in [0.29, 0.717) is 6.04 Å². The van der Waals surface area contributed by atoms with Crippen LogP contribution in [0.15, 0.2) is 24.3 Å². The molecule has 1 nitrogen and oxygen atoms in total. The Hall–Kier alpha value is -0.410. The molecule has 0 aliphatic heterocycles. The van der Waals surface area contributed by atoms with Crippen molar-refractivity contribution in [1.82, 2.24) is 4.90 Å². The molecule has 1 aliphatic rings. The Morgan fingerprint density at radius 3 is 2.59 bits per heavy atom. The Bertz CT molecular complexity index is 350. The summed E-state index contributed by atoms with van der Waals surface area (Å²) in [6, 6.07) is 7.76. The van der Waals surface area contributed by atoms with E-state index in [4.69, 9.17) is 0 Å². The van der Waals surface area contributed by atoms with Crippen molar-refractivity contribution in [3.8, 4) is 0 Å². The second-order valence-corrected chi connectivity index (χ2v) is 5.48. The van der Waals surface area contributed by atoms with Gasteiger partial charge in [-0.15, -0.1) is 0 Å². The van der Waals surface area contributed by atoms with Gasteiger partial charge < -0.3 is 0 Å². The third kappa shape index (κ3) is 3.52. The summed E-state index contributed by atoms with van der Waals surface area (Å²) >= 11 is 3.49. The molecule has 17 heavy (non-hydrogen) atoms. The number of rotatable bonds is 5. The summed E-state index contributed by atoms with van der Waals surface area (Å²) < 4.78 is 13.6. The van der Waals surface area contributed by atoms with Crippen LogP contribution >= 0.6 is 15.9 Å². The Labute approximate surface area is 111 Å². The van der Waals surface area contributed by atoms with E-state index in [9.17, 15) is 4.39 Å². The van der Waals surface area contributed by atoms with E-state index in [0.717, 1.165) is 24.0 Å². The summed E-state index contributed by atoms with van der Waals surface area (Å²) in [4.78, 5) is 2.42. The molecule has 0 bridgehead atoms. The minimum Gasteiger partial charge on any atom is -0.295 e. The van der Waals surface area contributed by atoms with Gasteiger partial charge in [-0.1, -0.05) is 47.0 Å². The molecule has 94 valence electrons. The number of hydrogen-bond donors (Lipinski definition) is 0. The molecule has 1 saturated carbocycles. The van der Waals surface area contributed by atoms with Gasteiger partial charge in [-0.25, -0.2) is 4.39 Å².